The Hall–Kier alpha value is -2.55. The van der Waals surface area contributed by atoms with Crippen LogP contribution in [0.2, 0.25) is 5.02 Å². The van der Waals surface area contributed by atoms with Crippen molar-refractivity contribution in [1.82, 2.24) is 5.32 Å². The number of carbonyl (C=O) groups excluding carboxylic acids is 1. The van der Waals surface area contributed by atoms with Crippen molar-refractivity contribution in [3.8, 4) is 0 Å². The molecule has 9 heteroatoms. The quantitative estimate of drug-likeness (QED) is 0.428. The molecule has 0 bridgehead atoms. The molecule has 0 heterocycles. The fourth-order valence-corrected chi connectivity index (χ4v) is 5.43. The molecule has 1 amide bonds. The van der Waals surface area contributed by atoms with Crippen LogP contribution in [0.3, 0.4) is 0 Å². The molecule has 0 aromatic heterocycles. The topological polar surface area (TPSA) is 66.5 Å². The van der Waals surface area contributed by atoms with Crippen molar-refractivity contribution in [1.29, 1.82) is 0 Å². The van der Waals surface area contributed by atoms with E-state index in [1.165, 1.54) is 37.0 Å². The number of sulfonamides is 1. The molecule has 5 nitrogen and oxygen atoms in total. The largest absolute Gasteiger partial charge is 0.351 e. The van der Waals surface area contributed by atoms with Crippen LogP contribution in [0.4, 0.5) is 10.1 Å². The Balaban J connectivity index is 1.63. The predicted molar refractivity (Wildman–Crippen MR) is 128 cm³/mol. The summed E-state index contributed by atoms with van der Waals surface area (Å²) >= 11 is 7.46. The highest BCUT2D eigenvalue weighted by molar-refractivity contribution is 7.98. The molecule has 168 valence electrons. The highest BCUT2D eigenvalue weighted by Crippen LogP contribution is 2.26. The summed E-state index contributed by atoms with van der Waals surface area (Å²) in [6.45, 7) is 0.332. The van der Waals surface area contributed by atoms with E-state index in [1.54, 1.807) is 54.6 Å². The number of anilines is 1. The van der Waals surface area contributed by atoms with Crippen LogP contribution in [-0.2, 0) is 15.8 Å². The van der Waals surface area contributed by atoms with Crippen LogP contribution in [0.5, 0.6) is 0 Å². The molecule has 0 unspecified atom stereocenters. The first-order chi connectivity index (χ1) is 15.3. The maximum absolute atomic E-state index is 13.8. The van der Waals surface area contributed by atoms with E-state index in [9.17, 15) is 17.6 Å². The normalized spacial score (nSPS) is 11.2. The van der Waals surface area contributed by atoms with Crippen molar-refractivity contribution >= 4 is 45.0 Å². The minimum Gasteiger partial charge on any atom is -0.351 e. The first kappa shape index (κ1) is 24.1. The smallest absolute Gasteiger partial charge is 0.264 e. The summed E-state index contributed by atoms with van der Waals surface area (Å²) in [5.41, 5.74) is 0.958. The molecule has 0 fully saturated rings. The molecule has 0 saturated carbocycles. The van der Waals surface area contributed by atoms with Gasteiger partial charge in [-0.15, -0.1) is 0 Å². The van der Waals surface area contributed by atoms with E-state index in [2.05, 4.69) is 5.32 Å². The summed E-state index contributed by atoms with van der Waals surface area (Å²) in [7, 11) is -2.40. The lowest BCUT2D eigenvalue weighted by Gasteiger charge is -2.22. The van der Waals surface area contributed by atoms with Gasteiger partial charge in [0.15, 0.2) is 0 Å². The van der Waals surface area contributed by atoms with Crippen LogP contribution in [-0.4, -0.2) is 33.7 Å². The van der Waals surface area contributed by atoms with E-state index in [0.717, 1.165) is 4.31 Å². The van der Waals surface area contributed by atoms with E-state index in [0.29, 0.717) is 28.6 Å². The standard InChI is InChI=1S/C23H22ClFN2O3S2/c1-27(32(29,30)17-8-3-2-4-9-17)22-13-6-5-10-18(22)23(28)26-14-15-31-16-19-20(24)11-7-12-21(19)25/h2-13H,14-16H2,1H3,(H,26,28). The van der Waals surface area contributed by atoms with Gasteiger partial charge in [-0.1, -0.05) is 48.0 Å². The molecule has 0 aliphatic rings. The predicted octanol–water partition coefficient (Wildman–Crippen LogP) is 4.97. The summed E-state index contributed by atoms with van der Waals surface area (Å²) in [6.07, 6.45) is 0. The molecule has 3 rings (SSSR count). The second-order valence-electron chi connectivity index (χ2n) is 6.81. The summed E-state index contributed by atoms with van der Waals surface area (Å²) < 4.78 is 40.8. The zero-order valence-corrected chi connectivity index (χ0v) is 19.7. The second-order valence-corrected chi connectivity index (χ2v) is 10.3. The van der Waals surface area contributed by atoms with Gasteiger partial charge >= 0.3 is 0 Å². The molecule has 0 radical (unpaired) electrons. The van der Waals surface area contributed by atoms with Crippen LogP contribution in [0.15, 0.2) is 77.7 Å². The van der Waals surface area contributed by atoms with Crippen molar-refractivity contribution in [2.75, 3.05) is 23.7 Å². The number of rotatable bonds is 9. The lowest BCUT2D eigenvalue weighted by Crippen LogP contribution is -2.31. The van der Waals surface area contributed by atoms with Gasteiger partial charge in [-0.05, 0) is 36.4 Å². The SMILES string of the molecule is CN(c1ccccc1C(=O)NCCSCc1c(F)cccc1Cl)S(=O)(=O)c1ccccc1. The van der Waals surface area contributed by atoms with Gasteiger partial charge < -0.3 is 5.32 Å². The summed E-state index contributed by atoms with van der Waals surface area (Å²) in [6, 6.07) is 19.1. The van der Waals surface area contributed by atoms with Gasteiger partial charge in [0.25, 0.3) is 15.9 Å². The minimum atomic E-state index is -3.81. The van der Waals surface area contributed by atoms with E-state index >= 15 is 0 Å². The summed E-state index contributed by atoms with van der Waals surface area (Å²) in [4.78, 5) is 12.9. The van der Waals surface area contributed by atoms with Crippen LogP contribution in [0.1, 0.15) is 15.9 Å². The average Bonchev–Trinajstić information content (AvgIpc) is 2.80. The molecule has 3 aromatic rings. The zero-order chi connectivity index (χ0) is 23.1. The molecule has 3 aromatic carbocycles. The van der Waals surface area contributed by atoms with E-state index in [4.69, 9.17) is 11.6 Å². The Kier molecular flexibility index (Phi) is 8.17. The van der Waals surface area contributed by atoms with E-state index in [-0.39, 0.29) is 27.9 Å². The van der Waals surface area contributed by atoms with E-state index < -0.39 is 10.0 Å². The van der Waals surface area contributed by atoms with Crippen molar-refractivity contribution in [2.45, 2.75) is 10.6 Å². The second kappa shape index (κ2) is 10.8. The minimum absolute atomic E-state index is 0.140. The van der Waals surface area contributed by atoms with Gasteiger partial charge in [0.2, 0.25) is 0 Å². The maximum Gasteiger partial charge on any atom is 0.264 e. The lowest BCUT2D eigenvalue weighted by atomic mass is 10.1. The number of hydrogen-bond acceptors (Lipinski definition) is 4. The molecule has 0 aliphatic heterocycles. The number of nitrogens with one attached hydrogen (secondary N) is 1. The zero-order valence-electron chi connectivity index (χ0n) is 17.3. The first-order valence-corrected chi connectivity index (χ1v) is 12.7. The molecule has 0 aliphatic carbocycles. The summed E-state index contributed by atoms with van der Waals surface area (Å²) in [5, 5.41) is 3.17. The van der Waals surface area contributed by atoms with Gasteiger partial charge in [-0.2, -0.15) is 11.8 Å². The molecule has 32 heavy (non-hydrogen) atoms. The van der Waals surface area contributed by atoms with Gasteiger partial charge in [0.05, 0.1) is 16.1 Å². The Morgan fingerprint density at radius 3 is 2.44 bits per heavy atom. The first-order valence-electron chi connectivity index (χ1n) is 9.74. The average molecular weight is 493 g/mol. The fourth-order valence-electron chi connectivity index (χ4n) is 3.00. The molecular weight excluding hydrogens is 471 g/mol. The van der Waals surface area contributed by atoms with Gasteiger partial charge in [-0.25, -0.2) is 12.8 Å². The molecule has 0 atom stereocenters. The highest BCUT2D eigenvalue weighted by Gasteiger charge is 2.24. The fraction of sp³-hybridized carbons (Fsp3) is 0.174. The highest BCUT2D eigenvalue weighted by atomic mass is 35.5. The number of nitrogens with zero attached hydrogens (tertiary/aromatic N) is 1. The van der Waals surface area contributed by atoms with Crippen molar-refractivity contribution in [3.05, 3.63) is 94.8 Å². The third-order valence-electron chi connectivity index (χ3n) is 4.73. The van der Waals surface area contributed by atoms with Crippen molar-refractivity contribution in [3.63, 3.8) is 0 Å². The Morgan fingerprint density at radius 1 is 1.03 bits per heavy atom. The van der Waals surface area contributed by atoms with Crippen LogP contribution < -0.4 is 9.62 Å². The number of amides is 1. The molecule has 0 spiro atoms. The molecule has 1 N–H and O–H groups in total. The molecule has 0 saturated heterocycles. The van der Waals surface area contributed by atoms with Crippen LogP contribution in [0.25, 0.3) is 0 Å². The van der Waals surface area contributed by atoms with Crippen molar-refractivity contribution < 1.29 is 17.6 Å². The van der Waals surface area contributed by atoms with Gasteiger partial charge in [-0.3, -0.25) is 9.10 Å². The maximum atomic E-state index is 13.8. The van der Waals surface area contributed by atoms with Crippen LogP contribution in [0, 0.1) is 5.82 Å². The number of thioether (sulfide) groups is 1. The Morgan fingerprint density at radius 2 is 1.72 bits per heavy atom. The van der Waals surface area contributed by atoms with Gasteiger partial charge in [0, 0.05) is 35.7 Å². The van der Waals surface area contributed by atoms with Crippen molar-refractivity contribution in [2.24, 2.45) is 0 Å². The number of para-hydroxylation sites is 1. The Labute approximate surface area is 196 Å². The number of carbonyl (C=O) groups is 1. The Bertz CT molecular complexity index is 1170. The number of halogens is 2. The monoisotopic (exact) mass is 492 g/mol. The lowest BCUT2D eigenvalue weighted by molar-refractivity contribution is 0.0957. The molecular formula is C23H22ClFN2O3S2. The van der Waals surface area contributed by atoms with Crippen LogP contribution >= 0.6 is 23.4 Å². The van der Waals surface area contributed by atoms with E-state index in [1.807, 2.05) is 0 Å². The number of benzene rings is 3. The van der Waals surface area contributed by atoms with Gasteiger partial charge in [0.1, 0.15) is 5.82 Å². The third kappa shape index (κ3) is 5.62. The third-order valence-corrected chi connectivity index (χ3v) is 7.85. The summed E-state index contributed by atoms with van der Waals surface area (Å²) in [5.74, 6) is 0.179. The number of hydrogen-bond donors (Lipinski definition) is 1.